The van der Waals surface area contributed by atoms with Crippen LogP contribution in [0.4, 0.5) is 0 Å². The molecule has 1 heterocycles. The normalized spacial score (nSPS) is 10.9. The molecule has 78 valence electrons. The highest BCUT2D eigenvalue weighted by atomic mass is 16.5. The van der Waals surface area contributed by atoms with Crippen LogP contribution < -0.4 is 5.32 Å². The third-order valence-electron chi connectivity index (χ3n) is 1.83. The van der Waals surface area contributed by atoms with Crippen LogP contribution in [-0.4, -0.2) is 18.1 Å². The summed E-state index contributed by atoms with van der Waals surface area (Å²) < 4.78 is 5.45. The number of nitrogens with one attached hydrogen (secondary N) is 1. The summed E-state index contributed by atoms with van der Waals surface area (Å²) in [4.78, 5) is 4.30. The Labute approximate surface area is 85.5 Å². The average molecular weight is 194 g/mol. The van der Waals surface area contributed by atoms with E-state index in [1.165, 1.54) is 5.56 Å². The quantitative estimate of drug-likeness (QED) is 0.775. The predicted molar refractivity (Wildman–Crippen MR) is 56.9 cm³/mol. The van der Waals surface area contributed by atoms with E-state index < -0.39 is 0 Å². The van der Waals surface area contributed by atoms with Gasteiger partial charge in [0.05, 0.1) is 18.4 Å². The van der Waals surface area contributed by atoms with Gasteiger partial charge < -0.3 is 10.1 Å². The number of ether oxygens (including phenoxy) is 1. The third-order valence-corrected chi connectivity index (χ3v) is 1.83. The van der Waals surface area contributed by atoms with E-state index in [4.69, 9.17) is 4.74 Å². The highest BCUT2D eigenvalue weighted by Crippen LogP contribution is 2.02. The molecule has 1 aromatic heterocycles. The highest BCUT2D eigenvalue weighted by molar-refractivity contribution is 5.13. The van der Waals surface area contributed by atoms with Crippen molar-refractivity contribution in [1.29, 1.82) is 0 Å². The number of pyridine rings is 1. The van der Waals surface area contributed by atoms with Gasteiger partial charge in [-0.1, -0.05) is 6.07 Å². The standard InChI is InChI=1S/C11H18N2O/c1-9(2)14-8-11-5-4-10(6-12-3)7-13-11/h4-5,7,9,12H,6,8H2,1-3H3. The lowest BCUT2D eigenvalue weighted by Gasteiger charge is -2.07. The molecule has 0 unspecified atom stereocenters. The third kappa shape index (κ3) is 3.85. The molecule has 0 aliphatic carbocycles. The largest absolute Gasteiger partial charge is 0.373 e. The fourth-order valence-electron chi connectivity index (χ4n) is 1.10. The van der Waals surface area contributed by atoms with Crippen molar-refractivity contribution in [3.63, 3.8) is 0 Å². The molecule has 1 aromatic rings. The van der Waals surface area contributed by atoms with Crippen molar-refractivity contribution < 1.29 is 4.74 Å². The van der Waals surface area contributed by atoms with Crippen molar-refractivity contribution in [2.45, 2.75) is 33.1 Å². The van der Waals surface area contributed by atoms with E-state index in [1.54, 1.807) is 0 Å². The van der Waals surface area contributed by atoms with E-state index in [1.807, 2.05) is 33.2 Å². The van der Waals surface area contributed by atoms with Gasteiger partial charge in [-0.25, -0.2) is 0 Å². The molecular formula is C11H18N2O. The Morgan fingerprint density at radius 3 is 2.71 bits per heavy atom. The Morgan fingerprint density at radius 1 is 1.43 bits per heavy atom. The molecule has 1 rings (SSSR count). The van der Waals surface area contributed by atoms with Gasteiger partial charge in [0.1, 0.15) is 0 Å². The maximum atomic E-state index is 5.45. The molecule has 0 atom stereocenters. The summed E-state index contributed by atoms with van der Waals surface area (Å²) in [6.07, 6.45) is 2.14. The van der Waals surface area contributed by atoms with E-state index in [0.717, 1.165) is 12.2 Å². The van der Waals surface area contributed by atoms with Gasteiger partial charge in [0.15, 0.2) is 0 Å². The first-order chi connectivity index (χ1) is 6.72. The van der Waals surface area contributed by atoms with E-state index >= 15 is 0 Å². The van der Waals surface area contributed by atoms with Crippen molar-refractivity contribution in [3.05, 3.63) is 29.6 Å². The molecule has 0 radical (unpaired) electrons. The summed E-state index contributed by atoms with van der Waals surface area (Å²) in [7, 11) is 1.93. The van der Waals surface area contributed by atoms with Gasteiger partial charge in [-0.05, 0) is 32.5 Å². The molecule has 0 fully saturated rings. The molecule has 0 amide bonds. The molecule has 3 nitrogen and oxygen atoms in total. The number of nitrogens with zero attached hydrogens (tertiary/aromatic N) is 1. The predicted octanol–water partition coefficient (Wildman–Crippen LogP) is 1.73. The smallest absolute Gasteiger partial charge is 0.0891 e. The molecule has 0 spiro atoms. The molecule has 0 aliphatic heterocycles. The maximum Gasteiger partial charge on any atom is 0.0891 e. The van der Waals surface area contributed by atoms with E-state index in [2.05, 4.69) is 16.4 Å². The van der Waals surface area contributed by atoms with Crippen LogP contribution in [0.2, 0.25) is 0 Å². The molecule has 0 saturated heterocycles. The molecule has 1 N–H and O–H groups in total. The maximum absolute atomic E-state index is 5.45. The minimum atomic E-state index is 0.258. The summed E-state index contributed by atoms with van der Waals surface area (Å²) >= 11 is 0. The fraction of sp³-hybridized carbons (Fsp3) is 0.545. The summed E-state index contributed by atoms with van der Waals surface area (Å²) in [5, 5.41) is 3.08. The van der Waals surface area contributed by atoms with Crippen molar-refractivity contribution in [1.82, 2.24) is 10.3 Å². The van der Waals surface area contributed by atoms with Crippen LogP contribution in [0, 0.1) is 0 Å². The lowest BCUT2D eigenvalue weighted by atomic mass is 10.2. The van der Waals surface area contributed by atoms with Crippen LogP contribution >= 0.6 is 0 Å². The number of aromatic nitrogens is 1. The molecule has 0 saturated carbocycles. The summed E-state index contributed by atoms with van der Waals surface area (Å²) in [6, 6.07) is 4.08. The van der Waals surface area contributed by atoms with Gasteiger partial charge in [-0.2, -0.15) is 0 Å². The second-order valence-corrected chi connectivity index (χ2v) is 3.55. The van der Waals surface area contributed by atoms with E-state index in [-0.39, 0.29) is 6.10 Å². The first-order valence-electron chi connectivity index (χ1n) is 4.92. The van der Waals surface area contributed by atoms with Gasteiger partial charge in [-0.15, -0.1) is 0 Å². The molecule has 0 bridgehead atoms. The number of hydrogen-bond donors (Lipinski definition) is 1. The Kier molecular flexibility index (Phi) is 4.56. The fourth-order valence-corrected chi connectivity index (χ4v) is 1.10. The molecule has 0 aromatic carbocycles. The second-order valence-electron chi connectivity index (χ2n) is 3.55. The molecular weight excluding hydrogens is 176 g/mol. The van der Waals surface area contributed by atoms with E-state index in [0.29, 0.717) is 6.61 Å². The van der Waals surface area contributed by atoms with E-state index in [9.17, 15) is 0 Å². The lowest BCUT2D eigenvalue weighted by molar-refractivity contribution is 0.0636. The lowest BCUT2D eigenvalue weighted by Crippen LogP contribution is -2.07. The highest BCUT2D eigenvalue weighted by Gasteiger charge is 1.97. The van der Waals surface area contributed by atoms with Gasteiger partial charge in [0, 0.05) is 12.7 Å². The monoisotopic (exact) mass is 194 g/mol. The minimum Gasteiger partial charge on any atom is -0.373 e. The topological polar surface area (TPSA) is 34.1 Å². The van der Waals surface area contributed by atoms with Crippen molar-refractivity contribution in [2.24, 2.45) is 0 Å². The van der Waals surface area contributed by atoms with Crippen molar-refractivity contribution in [2.75, 3.05) is 7.05 Å². The van der Waals surface area contributed by atoms with Crippen molar-refractivity contribution in [3.8, 4) is 0 Å². The number of hydrogen-bond acceptors (Lipinski definition) is 3. The van der Waals surface area contributed by atoms with Crippen molar-refractivity contribution >= 4 is 0 Å². The summed E-state index contributed by atoms with van der Waals surface area (Å²) in [5.41, 5.74) is 2.18. The van der Waals surface area contributed by atoms with Gasteiger partial charge >= 0.3 is 0 Å². The zero-order valence-corrected chi connectivity index (χ0v) is 9.08. The molecule has 3 heteroatoms. The van der Waals surface area contributed by atoms with Crippen LogP contribution in [0.3, 0.4) is 0 Å². The van der Waals surface area contributed by atoms with Crippen LogP contribution in [-0.2, 0) is 17.9 Å². The Balaban J connectivity index is 2.46. The zero-order valence-electron chi connectivity index (χ0n) is 9.08. The van der Waals surface area contributed by atoms with Gasteiger partial charge in [-0.3, -0.25) is 4.98 Å². The SMILES string of the molecule is CNCc1ccc(COC(C)C)nc1. The first kappa shape index (κ1) is 11.1. The van der Waals surface area contributed by atoms with Crippen LogP contribution in [0.5, 0.6) is 0 Å². The molecule has 14 heavy (non-hydrogen) atoms. The van der Waals surface area contributed by atoms with Crippen LogP contribution in [0.1, 0.15) is 25.1 Å². The second kappa shape index (κ2) is 5.73. The average Bonchev–Trinajstić information content (AvgIpc) is 2.17. The van der Waals surface area contributed by atoms with Gasteiger partial charge in [0.25, 0.3) is 0 Å². The minimum absolute atomic E-state index is 0.258. The molecule has 0 aliphatic rings. The van der Waals surface area contributed by atoms with Gasteiger partial charge in [0.2, 0.25) is 0 Å². The van der Waals surface area contributed by atoms with Crippen LogP contribution in [0.15, 0.2) is 18.3 Å². The van der Waals surface area contributed by atoms with Crippen LogP contribution in [0.25, 0.3) is 0 Å². The Bertz CT molecular complexity index is 256. The zero-order chi connectivity index (χ0) is 10.4. The summed E-state index contributed by atoms with van der Waals surface area (Å²) in [6.45, 7) is 5.50. The summed E-state index contributed by atoms with van der Waals surface area (Å²) in [5.74, 6) is 0. The number of rotatable bonds is 5. The first-order valence-corrected chi connectivity index (χ1v) is 4.92. The Morgan fingerprint density at radius 2 is 2.21 bits per heavy atom. The Hall–Kier alpha value is -0.930.